The number of rotatable bonds is 5. The van der Waals surface area contributed by atoms with Crippen molar-refractivity contribution in [3.05, 3.63) is 105 Å². The van der Waals surface area contributed by atoms with Crippen molar-refractivity contribution in [2.75, 3.05) is 0 Å². The first-order valence-electron chi connectivity index (χ1n) is 10.7. The summed E-state index contributed by atoms with van der Waals surface area (Å²) < 4.78 is 0. The van der Waals surface area contributed by atoms with E-state index in [1.54, 1.807) is 0 Å². The van der Waals surface area contributed by atoms with Gasteiger partial charge in [0.15, 0.2) is 0 Å². The van der Waals surface area contributed by atoms with Gasteiger partial charge in [-0.3, -0.25) is 0 Å². The molecule has 0 radical (unpaired) electrons. The molecule has 0 amide bonds. The van der Waals surface area contributed by atoms with Crippen LogP contribution in [0.4, 0.5) is 0 Å². The van der Waals surface area contributed by atoms with E-state index in [1.165, 1.54) is 50.2 Å². The molecule has 1 aliphatic heterocycles. The fourth-order valence-corrected chi connectivity index (χ4v) is 3.80. The van der Waals surface area contributed by atoms with Crippen molar-refractivity contribution in [1.82, 2.24) is 10.6 Å². The van der Waals surface area contributed by atoms with E-state index in [2.05, 4.69) is 120 Å². The first kappa shape index (κ1) is 21.7. The molecule has 0 bridgehead atoms. The van der Waals surface area contributed by atoms with Gasteiger partial charge in [-0.2, -0.15) is 0 Å². The van der Waals surface area contributed by atoms with E-state index in [0.717, 1.165) is 5.70 Å². The molecule has 0 aromatic heterocycles. The molecule has 0 fully saturated rings. The van der Waals surface area contributed by atoms with Gasteiger partial charge in [0.2, 0.25) is 0 Å². The second kappa shape index (κ2) is 9.21. The summed E-state index contributed by atoms with van der Waals surface area (Å²) in [5.74, 6) is 0. The molecule has 1 atom stereocenters. The summed E-state index contributed by atoms with van der Waals surface area (Å²) in [5.41, 5.74) is 12.4. The molecule has 0 unspecified atom stereocenters. The average molecular weight is 399 g/mol. The van der Waals surface area contributed by atoms with Crippen LogP contribution in [0.3, 0.4) is 0 Å². The molecule has 0 aliphatic carbocycles. The highest BCUT2D eigenvalue weighted by Crippen LogP contribution is 2.34. The zero-order valence-electron chi connectivity index (χ0n) is 19.4. The van der Waals surface area contributed by atoms with Crippen LogP contribution in [-0.4, -0.2) is 0 Å². The van der Waals surface area contributed by atoms with E-state index in [-0.39, 0.29) is 6.17 Å². The number of allylic oxidation sites excluding steroid dienone is 6. The minimum absolute atomic E-state index is 0.0208. The summed E-state index contributed by atoms with van der Waals surface area (Å²) in [4.78, 5) is 0. The topological polar surface area (TPSA) is 24.1 Å². The third kappa shape index (κ3) is 4.76. The molecule has 30 heavy (non-hydrogen) atoms. The summed E-state index contributed by atoms with van der Waals surface area (Å²) in [7, 11) is 0. The number of hydrogen-bond acceptors (Lipinski definition) is 2. The molecule has 1 heterocycles. The Morgan fingerprint density at radius 3 is 2.23 bits per heavy atom. The number of fused-ring (bicyclic) bond motifs is 1. The molecule has 2 aromatic rings. The van der Waals surface area contributed by atoms with Gasteiger partial charge in [-0.05, 0) is 66.2 Å². The number of benzene rings is 2. The van der Waals surface area contributed by atoms with Crippen molar-refractivity contribution in [1.29, 1.82) is 0 Å². The molecule has 2 nitrogen and oxygen atoms in total. The summed E-state index contributed by atoms with van der Waals surface area (Å²) in [6, 6.07) is 13.4. The molecule has 2 N–H and O–H groups in total. The van der Waals surface area contributed by atoms with Crippen molar-refractivity contribution >= 4 is 11.4 Å². The van der Waals surface area contributed by atoms with E-state index in [1.807, 2.05) is 0 Å². The Bertz CT molecular complexity index is 1060. The summed E-state index contributed by atoms with van der Waals surface area (Å²) >= 11 is 0. The Hall–Kier alpha value is -3.00. The maximum absolute atomic E-state index is 3.81. The number of nitrogens with one attached hydrogen (secondary N) is 2. The van der Waals surface area contributed by atoms with Gasteiger partial charge >= 0.3 is 0 Å². The molecule has 3 rings (SSSR count). The van der Waals surface area contributed by atoms with Crippen LogP contribution in [0.15, 0.2) is 71.8 Å². The molecule has 1 aliphatic rings. The Morgan fingerprint density at radius 1 is 0.900 bits per heavy atom. The molecule has 2 aromatic carbocycles. The third-order valence-electron chi connectivity index (χ3n) is 5.73. The van der Waals surface area contributed by atoms with E-state index in [9.17, 15) is 0 Å². The molecule has 0 saturated carbocycles. The third-order valence-corrected chi connectivity index (χ3v) is 5.73. The Balaban J connectivity index is 2.06. The fraction of sp³-hybridized carbons (Fsp3) is 0.286. The maximum atomic E-state index is 3.81. The monoisotopic (exact) mass is 398 g/mol. The smallest absolute Gasteiger partial charge is 0.124 e. The van der Waals surface area contributed by atoms with Crippen molar-refractivity contribution in [3.8, 4) is 0 Å². The Kier molecular flexibility index (Phi) is 6.66. The lowest BCUT2D eigenvalue weighted by Crippen LogP contribution is -2.28. The molecule has 0 spiro atoms. The van der Waals surface area contributed by atoms with Crippen LogP contribution in [0.2, 0.25) is 0 Å². The predicted octanol–water partition coefficient (Wildman–Crippen LogP) is 7.12. The van der Waals surface area contributed by atoms with E-state index < -0.39 is 0 Å². The fourth-order valence-electron chi connectivity index (χ4n) is 3.80. The van der Waals surface area contributed by atoms with Gasteiger partial charge in [0.05, 0.1) is 0 Å². The zero-order chi connectivity index (χ0) is 21.8. The lowest BCUT2D eigenvalue weighted by molar-refractivity contribution is 0.609. The highest BCUT2D eigenvalue weighted by atomic mass is 15.2. The second-order valence-corrected chi connectivity index (χ2v) is 8.31. The first-order chi connectivity index (χ1) is 14.3. The second-order valence-electron chi connectivity index (χ2n) is 8.31. The zero-order valence-corrected chi connectivity index (χ0v) is 19.4. The lowest BCUT2D eigenvalue weighted by Gasteiger charge is -2.21. The average Bonchev–Trinajstić information content (AvgIpc) is 3.03. The van der Waals surface area contributed by atoms with Crippen LogP contribution in [-0.2, 0) is 0 Å². The van der Waals surface area contributed by atoms with Gasteiger partial charge in [-0.15, -0.1) is 0 Å². The van der Waals surface area contributed by atoms with E-state index in [4.69, 9.17) is 0 Å². The van der Waals surface area contributed by atoms with Crippen LogP contribution in [0.5, 0.6) is 0 Å². The number of hydrogen-bond donors (Lipinski definition) is 2. The van der Waals surface area contributed by atoms with Crippen molar-refractivity contribution in [3.63, 3.8) is 0 Å². The lowest BCUT2D eigenvalue weighted by atomic mass is 10.00. The summed E-state index contributed by atoms with van der Waals surface area (Å²) in [6.45, 7) is 14.9. The highest BCUT2D eigenvalue weighted by Gasteiger charge is 2.26. The largest absolute Gasteiger partial charge is 0.361 e. The molecular formula is C28H34N2. The van der Waals surface area contributed by atoms with Crippen LogP contribution in [0.1, 0.15) is 67.2 Å². The Labute approximate surface area is 182 Å². The van der Waals surface area contributed by atoms with Crippen LogP contribution in [0.25, 0.3) is 11.4 Å². The van der Waals surface area contributed by atoms with Crippen LogP contribution >= 0.6 is 0 Å². The van der Waals surface area contributed by atoms with Crippen molar-refractivity contribution in [2.45, 2.75) is 54.6 Å². The van der Waals surface area contributed by atoms with Gasteiger partial charge < -0.3 is 10.6 Å². The van der Waals surface area contributed by atoms with Crippen LogP contribution in [0, 0.1) is 20.8 Å². The molecular weight excluding hydrogens is 364 g/mol. The van der Waals surface area contributed by atoms with Crippen LogP contribution < -0.4 is 10.6 Å². The minimum Gasteiger partial charge on any atom is -0.361 e. The summed E-state index contributed by atoms with van der Waals surface area (Å²) in [6.07, 6.45) is 8.78. The van der Waals surface area contributed by atoms with Gasteiger partial charge in [0.25, 0.3) is 0 Å². The van der Waals surface area contributed by atoms with Crippen molar-refractivity contribution in [2.24, 2.45) is 0 Å². The first-order valence-corrected chi connectivity index (χ1v) is 10.7. The molecule has 0 saturated heterocycles. The summed E-state index contributed by atoms with van der Waals surface area (Å²) in [5, 5.41) is 7.53. The SMILES string of the molecule is C/C=C(C)\C=C(/N[C@H]1N/C(=C\C(C)=C/C)c2ccc(C)cc21)c1ccc(C)cc1C. The quantitative estimate of drug-likeness (QED) is 0.524. The maximum Gasteiger partial charge on any atom is 0.124 e. The van der Waals surface area contributed by atoms with E-state index >= 15 is 0 Å². The minimum atomic E-state index is 0.0208. The highest BCUT2D eigenvalue weighted by molar-refractivity contribution is 5.76. The molecule has 156 valence electrons. The van der Waals surface area contributed by atoms with E-state index in [0.29, 0.717) is 0 Å². The van der Waals surface area contributed by atoms with Crippen molar-refractivity contribution < 1.29 is 0 Å². The van der Waals surface area contributed by atoms with Gasteiger partial charge in [-0.1, -0.05) is 70.8 Å². The Morgan fingerprint density at radius 2 is 1.57 bits per heavy atom. The number of aryl methyl sites for hydroxylation is 3. The molecule has 2 heteroatoms. The van der Waals surface area contributed by atoms with Gasteiger partial charge in [0, 0.05) is 28.1 Å². The predicted molar refractivity (Wildman–Crippen MR) is 131 cm³/mol. The standard InChI is InChI=1S/C28H34N2/c1-8-18(3)16-26(23-12-10-20(5)14-22(23)7)29-28-25-15-21(6)11-13-24(25)27(30-28)17-19(4)9-2/h8-17,28-30H,1-7H3/b18-8-,19-9-,26-16-,27-17-/t28-/m0/s1. The van der Waals surface area contributed by atoms with Gasteiger partial charge in [0.1, 0.15) is 6.17 Å². The normalized spacial score (nSPS) is 18.4. The van der Waals surface area contributed by atoms with Gasteiger partial charge in [-0.25, -0.2) is 0 Å².